The van der Waals surface area contributed by atoms with Gasteiger partial charge in [0.25, 0.3) is 5.91 Å². The second kappa shape index (κ2) is 8.94. The normalized spacial score (nSPS) is 11.7. The van der Waals surface area contributed by atoms with Crippen molar-refractivity contribution in [2.45, 2.75) is 19.3 Å². The molecule has 1 aromatic heterocycles. The van der Waals surface area contributed by atoms with Crippen molar-refractivity contribution in [3.63, 3.8) is 0 Å². The Bertz CT molecular complexity index is 1200. The highest BCUT2D eigenvalue weighted by Crippen LogP contribution is 2.38. The van der Waals surface area contributed by atoms with Crippen molar-refractivity contribution < 1.29 is 31.1 Å². The third-order valence-electron chi connectivity index (χ3n) is 4.83. The first-order chi connectivity index (χ1) is 15.4. The van der Waals surface area contributed by atoms with Crippen molar-refractivity contribution in [1.82, 2.24) is 4.98 Å². The van der Waals surface area contributed by atoms with E-state index in [1.807, 2.05) is 0 Å². The quantitative estimate of drug-likeness (QED) is 0.339. The van der Waals surface area contributed by atoms with Gasteiger partial charge in [0.15, 0.2) is 0 Å². The summed E-state index contributed by atoms with van der Waals surface area (Å²) in [4.78, 5) is 17.9. The van der Waals surface area contributed by atoms with E-state index in [0.717, 1.165) is 10.5 Å². The molecular formula is C23H15F6N3O. The smallest absolute Gasteiger partial charge is 0.292 e. The number of carbonyl (C=O) groups excluding carboxylic acids is 1. The highest BCUT2D eigenvalue weighted by atomic mass is 19.4. The number of pyridine rings is 1. The van der Waals surface area contributed by atoms with Gasteiger partial charge in [0.05, 0.1) is 29.1 Å². The van der Waals surface area contributed by atoms with Crippen LogP contribution in [0.3, 0.4) is 0 Å². The average molecular weight is 463 g/mol. The van der Waals surface area contributed by atoms with E-state index in [4.69, 9.17) is 0 Å². The minimum absolute atomic E-state index is 0.0613. The van der Waals surface area contributed by atoms with Crippen molar-refractivity contribution in [3.8, 4) is 17.2 Å². The number of aryl methyl sites for hydroxylation is 1. The summed E-state index contributed by atoms with van der Waals surface area (Å²) in [6, 6.07) is 10.9. The number of carbonyl (C=O) groups is 1. The Balaban J connectivity index is 2.19. The molecule has 0 atom stereocenters. The Hall–Kier alpha value is -3.87. The molecule has 0 N–H and O–H groups in total. The molecule has 0 fully saturated rings. The summed E-state index contributed by atoms with van der Waals surface area (Å²) >= 11 is 0. The summed E-state index contributed by atoms with van der Waals surface area (Å²) in [5.74, 6) is -1.20. The highest BCUT2D eigenvalue weighted by Gasteiger charge is 2.38. The number of amides is 1. The highest BCUT2D eigenvalue weighted by molar-refractivity contribution is 6.08. The number of hydrogen-bond donors (Lipinski definition) is 0. The van der Waals surface area contributed by atoms with E-state index in [1.54, 1.807) is 43.3 Å². The van der Waals surface area contributed by atoms with Gasteiger partial charge in [0.2, 0.25) is 0 Å². The average Bonchev–Trinajstić information content (AvgIpc) is 2.76. The largest absolute Gasteiger partial charge is 0.416 e. The van der Waals surface area contributed by atoms with Crippen molar-refractivity contribution in [2.75, 3.05) is 11.4 Å². The zero-order valence-electron chi connectivity index (χ0n) is 17.0. The number of nitriles is 1. The van der Waals surface area contributed by atoms with Gasteiger partial charge in [0, 0.05) is 17.3 Å². The van der Waals surface area contributed by atoms with Gasteiger partial charge in [-0.05, 0) is 42.3 Å². The molecule has 0 saturated heterocycles. The molecule has 3 rings (SSSR count). The summed E-state index contributed by atoms with van der Waals surface area (Å²) in [7, 11) is 0. The van der Waals surface area contributed by atoms with Crippen LogP contribution in [-0.4, -0.2) is 17.4 Å². The maximum Gasteiger partial charge on any atom is 0.416 e. The van der Waals surface area contributed by atoms with Gasteiger partial charge in [-0.1, -0.05) is 24.3 Å². The molecular weight excluding hydrogens is 448 g/mol. The molecule has 0 radical (unpaired) electrons. The Morgan fingerprint density at radius 2 is 1.58 bits per heavy atom. The van der Waals surface area contributed by atoms with E-state index in [0.29, 0.717) is 23.3 Å². The molecule has 0 aliphatic carbocycles. The lowest BCUT2D eigenvalue weighted by molar-refractivity contribution is -0.143. The van der Waals surface area contributed by atoms with E-state index in [9.17, 15) is 36.4 Å². The lowest BCUT2D eigenvalue weighted by atomic mass is 9.99. The molecule has 0 aliphatic heterocycles. The van der Waals surface area contributed by atoms with Gasteiger partial charge in [-0.25, -0.2) is 0 Å². The van der Waals surface area contributed by atoms with Crippen LogP contribution in [0.2, 0.25) is 0 Å². The van der Waals surface area contributed by atoms with Gasteiger partial charge in [0.1, 0.15) is 6.54 Å². The fourth-order valence-corrected chi connectivity index (χ4v) is 3.28. The van der Waals surface area contributed by atoms with Crippen LogP contribution in [0.25, 0.3) is 11.1 Å². The van der Waals surface area contributed by atoms with Gasteiger partial charge in [-0.15, -0.1) is 0 Å². The van der Waals surface area contributed by atoms with Crippen molar-refractivity contribution >= 4 is 11.6 Å². The van der Waals surface area contributed by atoms with Crippen molar-refractivity contribution in [1.29, 1.82) is 5.26 Å². The van der Waals surface area contributed by atoms with Crippen molar-refractivity contribution in [2.24, 2.45) is 0 Å². The number of anilines is 1. The molecule has 0 saturated carbocycles. The molecule has 4 nitrogen and oxygen atoms in total. The number of hydrogen-bond acceptors (Lipinski definition) is 3. The van der Waals surface area contributed by atoms with E-state index in [-0.39, 0.29) is 11.8 Å². The molecule has 3 aromatic rings. The first kappa shape index (κ1) is 23.8. The monoisotopic (exact) mass is 463 g/mol. The maximum atomic E-state index is 13.2. The molecule has 0 aliphatic rings. The number of alkyl halides is 6. The van der Waals surface area contributed by atoms with E-state index >= 15 is 0 Å². The molecule has 1 amide bonds. The summed E-state index contributed by atoms with van der Waals surface area (Å²) < 4.78 is 79.5. The number of benzene rings is 2. The topological polar surface area (TPSA) is 57.0 Å². The Labute approximate surface area is 184 Å². The van der Waals surface area contributed by atoms with Gasteiger partial charge < -0.3 is 0 Å². The predicted octanol–water partition coefficient (Wildman–Crippen LogP) is 6.27. The molecule has 0 bridgehead atoms. The van der Waals surface area contributed by atoms with Crippen molar-refractivity contribution in [3.05, 3.63) is 83.2 Å². The minimum Gasteiger partial charge on any atom is -0.292 e. The summed E-state index contributed by atoms with van der Waals surface area (Å²) in [5.41, 5.74) is -2.13. The number of nitrogens with zero attached hydrogens (tertiary/aromatic N) is 3. The summed E-state index contributed by atoms with van der Waals surface area (Å²) in [6.07, 6.45) is -7.57. The fourth-order valence-electron chi connectivity index (χ4n) is 3.28. The van der Waals surface area contributed by atoms with Crippen LogP contribution in [0.15, 0.2) is 60.9 Å². The second-order valence-corrected chi connectivity index (χ2v) is 7.05. The third kappa shape index (κ3) is 5.14. The molecule has 1 heterocycles. The lowest BCUT2D eigenvalue weighted by Gasteiger charge is -2.24. The SMILES string of the molecule is Cc1ccccc1-c1ccncc1N(CC#N)C(=O)c1cc(C(F)(F)F)cc(C(F)(F)F)c1. The Morgan fingerprint density at radius 1 is 0.970 bits per heavy atom. The Kier molecular flexibility index (Phi) is 6.44. The zero-order valence-corrected chi connectivity index (χ0v) is 17.0. The van der Waals surface area contributed by atoms with Gasteiger partial charge in [-0.3, -0.25) is 14.7 Å². The fraction of sp³-hybridized carbons (Fsp3) is 0.174. The number of halogens is 6. The molecule has 33 heavy (non-hydrogen) atoms. The standard InChI is InChI=1S/C23H15F6N3O/c1-14-4-2-3-5-18(14)19-6-8-31-13-20(19)32(9-7-30)21(33)15-10-16(22(24,25)26)12-17(11-15)23(27,28)29/h2-6,8,10-13H,9H2,1H3. The first-order valence-electron chi connectivity index (χ1n) is 9.42. The van der Waals surface area contributed by atoms with Crippen LogP contribution >= 0.6 is 0 Å². The van der Waals surface area contributed by atoms with Gasteiger partial charge in [-0.2, -0.15) is 31.6 Å². The van der Waals surface area contributed by atoms with E-state index in [1.165, 1.54) is 12.4 Å². The molecule has 10 heteroatoms. The molecule has 0 spiro atoms. The molecule has 2 aromatic carbocycles. The summed E-state index contributed by atoms with van der Waals surface area (Å²) in [6.45, 7) is 1.17. The second-order valence-electron chi connectivity index (χ2n) is 7.05. The van der Waals surface area contributed by atoms with Crippen LogP contribution in [0.5, 0.6) is 0 Å². The van der Waals surface area contributed by atoms with Crippen LogP contribution in [0.4, 0.5) is 32.0 Å². The minimum atomic E-state index is -5.11. The van der Waals surface area contributed by atoms with E-state index in [2.05, 4.69) is 4.98 Å². The van der Waals surface area contributed by atoms with Gasteiger partial charge >= 0.3 is 12.4 Å². The van der Waals surface area contributed by atoms with Crippen LogP contribution in [0, 0.1) is 18.3 Å². The maximum absolute atomic E-state index is 13.2. The zero-order chi connectivity index (χ0) is 24.4. The van der Waals surface area contributed by atoms with E-state index < -0.39 is 41.5 Å². The lowest BCUT2D eigenvalue weighted by Crippen LogP contribution is -2.32. The first-order valence-corrected chi connectivity index (χ1v) is 9.42. The number of rotatable bonds is 4. The predicted molar refractivity (Wildman–Crippen MR) is 108 cm³/mol. The van der Waals surface area contributed by atoms with Crippen LogP contribution in [0.1, 0.15) is 27.0 Å². The molecule has 170 valence electrons. The van der Waals surface area contributed by atoms with Crippen LogP contribution in [-0.2, 0) is 12.4 Å². The van der Waals surface area contributed by atoms with Crippen LogP contribution < -0.4 is 4.90 Å². The molecule has 0 unspecified atom stereocenters. The third-order valence-corrected chi connectivity index (χ3v) is 4.83. The summed E-state index contributed by atoms with van der Waals surface area (Å²) in [5, 5.41) is 9.25. The Morgan fingerprint density at radius 3 is 2.12 bits per heavy atom. The number of aromatic nitrogens is 1.